The summed E-state index contributed by atoms with van der Waals surface area (Å²) in [5.41, 5.74) is 1.31. The Kier molecular flexibility index (Phi) is 4.12. The van der Waals surface area contributed by atoms with Crippen LogP contribution < -0.4 is 5.32 Å². The summed E-state index contributed by atoms with van der Waals surface area (Å²) in [5.74, 6) is -0.438. The Balaban J connectivity index is 1.97. The van der Waals surface area contributed by atoms with Crippen molar-refractivity contribution in [3.8, 4) is 5.69 Å². The molecule has 3 rings (SSSR count). The van der Waals surface area contributed by atoms with Gasteiger partial charge in [-0.2, -0.15) is 5.10 Å². The largest absolute Gasteiger partial charge is 0.319 e. The van der Waals surface area contributed by atoms with Gasteiger partial charge in [-0.15, -0.1) is 0 Å². The van der Waals surface area contributed by atoms with Gasteiger partial charge in [0.05, 0.1) is 16.4 Å². The summed E-state index contributed by atoms with van der Waals surface area (Å²) in [6, 6.07) is 5.39. The molecule has 9 heteroatoms. The fraction of sp³-hybridized carbons (Fsp3) is 0. The Morgan fingerprint density at radius 2 is 2.14 bits per heavy atom. The molecule has 22 heavy (non-hydrogen) atoms. The molecule has 1 aromatic carbocycles. The Labute approximate surface area is 138 Å². The standard InChI is InChI=1S/C13H8BrClN6O/c14-8-1-2-11(21-7-17-6-19-21)10(3-8)20-13(22)12-9(15)4-16-5-18-12/h1-7H,(H,20,22). The molecule has 0 bridgehead atoms. The minimum atomic E-state index is -0.438. The van der Waals surface area contributed by atoms with Gasteiger partial charge >= 0.3 is 0 Å². The van der Waals surface area contributed by atoms with Crippen molar-refractivity contribution in [2.45, 2.75) is 0 Å². The minimum Gasteiger partial charge on any atom is -0.319 e. The maximum Gasteiger partial charge on any atom is 0.275 e. The van der Waals surface area contributed by atoms with E-state index in [1.165, 1.54) is 25.2 Å². The summed E-state index contributed by atoms with van der Waals surface area (Å²) in [4.78, 5) is 23.9. The smallest absolute Gasteiger partial charge is 0.275 e. The van der Waals surface area contributed by atoms with Crippen LogP contribution in [0.2, 0.25) is 5.02 Å². The Morgan fingerprint density at radius 3 is 2.86 bits per heavy atom. The molecule has 2 heterocycles. The molecule has 0 radical (unpaired) electrons. The van der Waals surface area contributed by atoms with Crippen molar-refractivity contribution >= 4 is 39.1 Å². The number of halogens is 2. The van der Waals surface area contributed by atoms with Crippen molar-refractivity contribution in [2.75, 3.05) is 5.32 Å². The lowest BCUT2D eigenvalue weighted by Gasteiger charge is -2.11. The zero-order chi connectivity index (χ0) is 15.5. The molecule has 1 amide bonds. The number of nitrogens with zero attached hydrogens (tertiary/aromatic N) is 5. The molecule has 0 aliphatic heterocycles. The number of carbonyl (C=O) groups is 1. The average Bonchev–Trinajstić information content (AvgIpc) is 3.02. The predicted octanol–water partition coefficient (Wildman–Crippen LogP) is 2.73. The van der Waals surface area contributed by atoms with Crippen molar-refractivity contribution in [1.29, 1.82) is 0 Å². The van der Waals surface area contributed by atoms with E-state index < -0.39 is 5.91 Å². The first-order chi connectivity index (χ1) is 10.6. The fourth-order valence-electron chi connectivity index (χ4n) is 1.80. The van der Waals surface area contributed by atoms with Gasteiger partial charge in [-0.3, -0.25) is 4.79 Å². The molecule has 0 unspecified atom stereocenters. The predicted molar refractivity (Wildman–Crippen MR) is 84.1 cm³/mol. The highest BCUT2D eigenvalue weighted by molar-refractivity contribution is 9.10. The third kappa shape index (κ3) is 2.97. The third-order valence-corrected chi connectivity index (χ3v) is 3.52. The second-order valence-corrected chi connectivity index (χ2v) is 5.50. The fourth-order valence-corrected chi connectivity index (χ4v) is 2.35. The lowest BCUT2D eigenvalue weighted by atomic mass is 10.2. The van der Waals surface area contributed by atoms with Crippen molar-refractivity contribution in [3.05, 3.63) is 58.6 Å². The van der Waals surface area contributed by atoms with Gasteiger partial charge in [-0.1, -0.05) is 27.5 Å². The molecule has 2 aromatic heterocycles. The van der Waals surface area contributed by atoms with E-state index in [1.54, 1.807) is 16.8 Å². The van der Waals surface area contributed by atoms with E-state index in [-0.39, 0.29) is 10.7 Å². The molecule has 110 valence electrons. The number of aromatic nitrogens is 5. The summed E-state index contributed by atoms with van der Waals surface area (Å²) in [7, 11) is 0. The van der Waals surface area contributed by atoms with Crippen LogP contribution in [0.1, 0.15) is 10.5 Å². The van der Waals surface area contributed by atoms with E-state index in [9.17, 15) is 4.79 Å². The second-order valence-electron chi connectivity index (χ2n) is 4.17. The third-order valence-electron chi connectivity index (χ3n) is 2.76. The van der Waals surface area contributed by atoms with E-state index in [2.05, 4.69) is 41.3 Å². The van der Waals surface area contributed by atoms with Crippen molar-refractivity contribution in [3.63, 3.8) is 0 Å². The normalized spacial score (nSPS) is 10.5. The van der Waals surface area contributed by atoms with Crippen LogP contribution in [0.25, 0.3) is 5.69 Å². The number of carbonyl (C=O) groups excluding carboxylic acids is 1. The van der Waals surface area contributed by atoms with Crippen LogP contribution in [0, 0.1) is 0 Å². The van der Waals surface area contributed by atoms with E-state index in [4.69, 9.17) is 11.6 Å². The highest BCUT2D eigenvalue weighted by Gasteiger charge is 2.15. The molecular weight excluding hydrogens is 372 g/mol. The van der Waals surface area contributed by atoms with E-state index in [0.717, 1.165) is 4.47 Å². The molecule has 3 aromatic rings. The van der Waals surface area contributed by atoms with Crippen LogP contribution in [0.5, 0.6) is 0 Å². The van der Waals surface area contributed by atoms with Crippen LogP contribution >= 0.6 is 27.5 Å². The molecule has 1 N–H and O–H groups in total. The molecule has 0 fully saturated rings. The molecule has 0 aliphatic rings. The van der Waals surface area contributed by atoms with E-state index in [1.807, 2.05) is 6.07 Å². The minimum absolute atomic E-state index is 0.0983. The van der Waals surface area contributed by atoms with Crippen LogP contribution in [0.4, 0.5) is 5.69 Å². The molecule has 0 atom stereocenters. The van der Waals surface area contributed by atoms with E-state index in [0.29, 0.717) is 11.4 Å². The van der Waals surface area contributed by atoms with Gasteiger partial charge in [0.2, 0.25) is 0 Å². The van der Waals surface area contributed by atoms with Gasteiger partial charge in [0.1, 0.15) is 24.7 Å². The zero-order valence-electron chi connectivity index (χ0n) is 10.9. The number of rotatable bonds is 3. The maximum atomic E-state index is 12.3. The number of hydrogen-bond acceptors (Lipinski definition) is 5. The van der Waals surface area contributed by atoms with Gasteiger partial charge in [-0.05, 0) is 18.2 Å². The average molecular weight is 380 g/mol. The monoisotopic (exact) mass is 378 g/mol. The van der Waals surface area contributed by atoms with Gasteiger partial charge in [0.25, 0.3) is 5.91 Å². The Hall–Kier alpha value is -2.32. The molecule has 0 saturated carbocycles. The van der Waals surface area contributed by atoms with Crippen LogP contribution in [0.3, 0.4) is 0 Å². The second kappa shape index (κ2) is 6.20. The van der Waals surface area contributed by atoms with Crippen LogP contribution in [0.15, 0.2) is 47.9 Å². The SMILES string of the molecule is O=C(Nc1cc(Br)ccc1-n1cncn1)c1ncncc1Cl. The van der Waals surface area contributed by atoms with Gasteiger partial charge in [-0.25, -0.2) is 19.6 Å². The van der Waals surface area contributed by atoms with Crippen molar-refractivity contribution < 1.29 is 4.79 Å². The lowest BCUT2D eigenvalue weighted by Crippen LogP contribution is -2.16. The van der Waals surface area contributed by atoms with Gasteiger partial charge in [0, 0.05) is 10.7 Å². The number of amides is 1. The van der Waals surface area contributed by atoms with Crippen molar-refractivity contribution in [1.82, 2.24) is 24.7 Å². The highest BCUT2D eigenvalue weighted by Crippen LogP contribution is 2.25. The summed E-state index contributed by atoms with van der Waals surface area (Å²) in [6.07, 6.45) is 5.58. The first-order valence-electron chi connectivity index (χ1n) is 6.06. The summed E-state index contributed by atoms with van der Waals surface area (Å²) in [6.45, 7) is 0. The Morgan fingerprint density at radius 1 is 1.27 bits per heavy atom. The van der Waals surface area contributed by atoms with Crippen LogP contribution in [-0.2, 0) is 0 Å². The molecule has 0 aliphatic carbocycles. The number of benzene rings is 1. The molecule has 7 nitrogen and oxygen atoms in total. The quantitative estimate of drug-likeness (QED) is 0.756. The zero-order valence-corrected chi connectivity index (χ0v) is 13.3. The Bertz CT molecular complexity index is 823. The number of nitrogens with one attached hydrogen (secondary N) is 1. The van der Waals surface area contributed by atoms with E-state index >= 15 is 0 Å². The first-order valence-corrected chi connectivity index (χ1v) is 7.23. The summed E-state index contributed by atoms with van der Waals surface area (Å²) >= 11 is 9.31. The number of hydrogen-bond donors (Lipinski definition) is 1. The first kappa shape index (κ1) is 14.6. The highest BCUT2D eigenvalue weighted by atomic mass is 79.9. The molecule has 0 saturated heterocycles. The summed E-state index contributed by atoms with van der Waals surface area (Å²) in [5, 5.41) is 7.00. The topological polar surface area (TPSA) is 85.6 Å². The van der Waals surface area contributed by atoms with Crippen LogP contribution in [-0.4, -0.2) is 30.6 Å². The lowest BCUT2D eigenvalue weighted by molar-refractivity contribution is 0.102. The molecular formula is C13H8BrClN6O. The van der Waals surface area contributed by atoms with Gasteiger partial charge in [0.15, 0.2) is 0 Å². The number of anilines is 1. The molecule has 0 spiro atoms. The summed E-state index contributed by atoms with van der Waals surface area (Å²) < 4.78 is 2.35. The van der Waals surface area contributed by atoms with Crippen molar-refractivity contribution in [2.24, 2.45) is 0 Å². The maximum absolute atomic E-state index is 12.3. The van der Waals surface area contributed by atoms with Gasteiger partial charge < -0.3 is 5.32 Å².